The number of hydrogen-bond donors (Lipinski definition) is 1. The smallest absolute Gasteiger partial charge is 0.0513 e. The van der Waals surface area contributed by atoms with Crippen molar-refractivity contribution in [3.63, 3.8) is 0 Å². The molecule has 0 atom stereocenters. The number of fused-ring (bicyclic) bond motifs is 1. The number of benzene rings is 2. The number of halogens is 1. The maximum Gasteiger partial charge on any atom is 0.0513 e. The molecule has 19 heavy (non-hydrogen) atoms. The fourth-order valence-corrected chi connectivity index (χ4v) is 3.40. The zero-order valence-corrected chi connectivity index (χ0v) is 12.6. The van der Waals surface area contributed by atoms with Crippen LogP contribution in [0.25, 0.3) is 0 Å². The van der Waals surface area contributed by atoms with Crippen LogP contribution in [0.5, 0.6) is 0 Å². The molecule has 0 fully saturated rings. The van der Waals surface area contributed by atoms with Gasteiger partial charge in [0, 0.05) is 23.2 Å². The third kappa shape index (κ3) is 2.47. The Morgan fingerprint density at radius 3 is 2.74 bits per heavy atom. The molecule has 1 aliphatic heterocycles. The summed E-state index contributed by atoms with van der Waals surface area (Å²) < 4.78 is 1.17. The van der Waals surface area contributed by atoms with Crippen molar-refractivity contribution < 1.29 is 0 Å². The lowest BCUT2D eigenvalue weighted by Crippen LogP contribution is -2.30. The van der Waals surface area contributed by atoms with E-state index in [0.29, 0.717) is 0 Å². The molecule has 1 aliphatic rings. The van der Waals surface area contributed by atoms with Crippen LogP contribution in [0.4, 0.5) is 11.4 Å². The molecule has 0 spiro atoms. The van der Waals surface area contributed by atoms with Crippen molar-refractivity contribution >= 4 is 27.3 Å². The van der Waals surface area contributed by atoms with E-state index in [9.17, 15) is 0 Å². The molecule has 0 aromatic heterocycles. The number of nitrogen functional groups attached to an aromatic ring is 1. The van der Waals surface area contributed by atoms with Crippen LogP contribution in [-0.4, -0.2) is 6.54 Å². The van der Waals surface area contributed by atoms with E-state index in [2.05, 4.69) is 58.1 Å². The van der Waals surface area contributed by atoms with E-state index in [1.165, 1.54) is 26.9 Å². The number of hydrogen-bond acceptors (Lipinski definition) is 2. The zero-order valence-electron chi connectivity index (χ0n) is 11.0. The standard InChI is InChI=1S/C16H17BrN2/c1-11-2-5-16(15(17)8-11)19-7-6-12-3-4-14(18)9-13(12)10-19/h2-5,8-9H,6-7,10,18H2,1H3. The molecule has 0 aliphatic carbocycles. The molecule has 98 valence electrons. The average Bonchev–Trinajstić information content (AvgIpc) is 2.38. The van der Waals surface area contributed by atoms with Gasteiger partial charge in [-0.1, -0.05) is 12.1 Å². The van der Waals surface area contributed by atoms with Gasteiger partial charge < -0.3 is 10.6 Å². The highest BCUT2D eigenvalue weighted by molar-refractivity contribution is 9.10. The van der Waals surface area contributed by atoms with Gasteiger partial charge in [0.05, 0.1) is 5.69 Å². The molecule has 3 rings (SSSR count). The Morgan fingerprint density at radius 2 is 1.95 bits per heavy atom. The van der Waals surface area contributed by atoms with Crippen molar-refractivity contribution in [2.45, 2.75) is 19.9 Å². The third-order valence-electron chi connectivity index (χ3n) is 3.69. The molecular formula is C16H17BrN2. The Hall–Kier alpha value is -1.48. The van der Waals surface area contributed by atoms with Gasteiger partial charge in [0.1, 0.15) is 0 Å². The average molecular weight is 317 g/mol. The molecule has 1 heterocycles. The predicted molar refractivity (Wildman–Crippen MR) is 84.5 cm³/mol. The fourth-order valence-electron chi connectivity index (χ4n) is 2.65. The van der Waals surface area contributed by atoms with Crippen LogP contribution in [0.3, 0.4) is 0 Å². The first kappa shape index (κ1) is 12.5. The second-order valence-corrected chi connectivity index (χ2v) is 6.01. The second kappa shape index (κ2) is 4.89. The van der Waals surface area contributed by atoms with Gasteiger partial charge >= 0.3 is 0 Å². The molecule has 3 heteroatoms. The fraction of sp³-hybridized carbons (Fsp3) is 0.250. The summed E-state index contributed by atoms with van der Waals surface area (Å²) >= 11 is 3.67. The summed E-state index contributed by atoms with van der Waals surface area (Å²) in [5.74, 6) is 0. The van der Waals surface area contributed by atoms with Crippen molar-refractivity contribution in [1.29, 1.82) is 0 Å². The molecule has 0 bridgehead atoms. The predicted octanol–water partition coefficient (Wildman–Crippen LogP) is 3.90. The molecular weight excluding hydrogens is 300 g/mol. The quantitative estimate of drug-likeness (QED) is 0.808. The van der Waals surface area contributed by atoms with Gasteiger partial charge in [0.15, 0.2) is 0 Å². The van der Waals surface area contributed by atoms with E-state index in [1.54, 1.807) is 0 Å². The minimum atomic E-state index is 0.851. The van der Waals surface area contributed by atoms with E-state index in [1.807, 2.05) is 6.07 Å². The van der Waals surface area contributed by atoms with E-state index < -0.39 is 0 Å². The van der Waals surface area contributed by atoms with Gasteiger partial charge in [-0.2, -0.15) is 0 Å². The van der Waals surface area contributed by atoms with Crippen molar-refractivity contribution in [3.05, 3.63) is 57.6 Å². The molecule has 0 saturated heterocycles. The van der Waals surface area contributed by atoms with E-state index >= 15 is 0 Å². The molecule has 2 aromatic rings. The van der Waals surface area contributed by atoms with Crippen LogP contribution in [0.1, 0.15) is 16.7 Å². The molecule has 0 saturated carbocycles. The maximum absolute atomic E-state index is 5.89. The van der Waals surface area contributed by atoms with Gasteiger partial charge in [-0.25, -0.2) is 0 Å². The highest BCUT2D eigenvalue weighted by Gasteiger charge is 2.18. The number of nitrogens with zero attached hydrogens (tertiary/aromatic N) is 1. The largest absolute Gasteiger partial charge is 0.399 e. The van der Waals surface area contributed by atoms with Gasteiger partial charge in [-0.05, 0) is 70.2 Å². The second-order valence-electron chi connectivity index (χ2n) is 5.15. The normalized spacial score (nSPS) is 14.3. The summed E-state index contributed by atoms with van der Waals surface area (Å²) in [5, 5.41) is 0. The van der Waals surface area contributed by atoms with Crippen LogP contribution in [0.2, 0.25) is 0 Å². The first-order valence-electron chi connectivity index (χ1n) is 6.52. The first-order chi connectivity index (χ1) is 9.13. The first-order valence-corrected chi connectivity index (χ1v) is 7.31. The molecule has 2 nitrogen and oxygen atoms in total. The molecule has 0 unspecified atom stereocenters. The van der Waals surface area contributed by atoms with Crippen molar-refractivity contribution in [1.82, 2.24) is 0 Å². The highest BCUT2D eigenvalue weighted by atomic mass is 79.9. The molecule has 0 radical (unpaired) electrons. The summed E-state index contributed by atoms with van der Waals surface area (Å²) in [5.41, 5.74) is 12.0. The lowest BCUT2D eigenvalue weighted by atomic mass is 9.98. The van der Waals surface area contributed by atoms with E-state index in [-0.39, 0.29) is 0 Å². The van der Waals surface area contributed by atoms with Crippen molar-refractivity contribution in [3.8, 4) is 0 Å². The summed E-state index contributed by atoms with van der Waals surface area (Å²) in [7, 11) is 0. The van der Waals surface area contributed by atoms with Gasteiger partial charge in [-0.3, -0.25) is 0 Å². The van der Waals surface area contributed by atoms with Crippen LogP contribution in [-0.2, 0) is 13.0 Å². The topological polar surface area (TPSA) is 29.3 Å². The van der Waals surface area contributed by atoms with Crippen LogP contribution in [0, 0.1) is 6.92 Å². The minimum absolute atomic E-state index is 0.851. The lowest BCUT2D eigenvalue weighted by molar-refractivity contribution is 0.730. The number of rotatable bonds is 1. The highest BCUT2D eigenvalue weighted by Crippen LogP contribution is 2.31. The minimum Gasteiger partial charge on any atom is -0.399 e. The van der Waals surface area contributed by atoms with E-state index in [4.69, 9.17) is 5.73 Å². The Morgan fingerprint density at radius 1 is 1.11 bits per heavy atom. The Bertz CT molecular complexity index is 622. The third-order valence-corrected chi connectivity index (χ3v) is 4.32. The van der Waals surface area contributed by atoms with Crippen molar-refractivity contribution in [2.75, 3.05) is 17.2 Å². The monoisotopic (exact) mass is 316 g/mol. The Balaban J connectivity index is 1.93. The molecule has 0 amide bonds. The summed E-state index contributed by atoms with van der Waals surface area (Å²) in [4.78, 5) is 2.41. The van der Waals surface area contributed by atoms with Crippen molar-refractivity contribution in [2.24, 2.45) is 0 Å². The maximum atomic E-state index is 5.89. The summed E-state index contributed by atoms with van der Waals surface area (Å²) in [6.07, 6.45) is 1.08. The number of anilines is 2. The van der Waals surface area contributed by atoms with E-state index in [0.717, 1.165) is 25.2 Å². The molecule has 2 aromatic carbocycles. The van der Waals surface area contributed by atoms with Crippen LogP contribution < -0.4 is 10.6 Å². The number of nitrogens with two attached hydrogens (primary N) is 1. The number of aryl methyl sites for hydroxylation is 1. The van der Waals surface area contributed by atoms with Crippen LogP contribution >= 0.6 is 15.9 Å². The Kier molecular flexibility index (Phi) is 3.23. The zero-order chi connectivity index (χ0) is 13.4. The SMILES string of the molecule is Cc1ccc(N2CCc3ccc(N)cc3C2)c(Br)c1. The van der Waals surface area contributed by atoms with Crippen LogP contribution in [0.15, 0.2) is 40.9 Å². The van der Waals surface area contributed by atoms with Gasteiger partial charge in [0.2, 0.25) is 0 Å². The van der Waals surface area contributed by atoms with Gasteiger partial charge in [-0.15, -0.1) is 0 Å². The summed E-state index contributed by atoms with van der Waals surface area (Å²) in [6, 6.07) is 12.8. The van der Waals surface area contributed by atoms with Gasteiger partial charge in [0.25, 0.3) is 0 Å². The Labute approximate surface area is 122 Å². The summed E-state index contributed by atoms with van der Waals surface area (Å²) in [6.45, 7) is 4.10. The molecule has 2 N–H and O–H groups in total. The lowest BCUT2D eigenvalue weighted by Gasteiger charge is -2.31.